The molecular formula is C64H92N4O10. The van der Waals surface area contributed by atoms with Gasteiger partial charge in [-0.1, -0.05) is 58.7 Å². The van der Waals surface area contributed by atoms with Gasteiger partial charge in [0.15, 0.2) is 0 Å². The van der Waals surface area contributed by atoms with Gasteiger partial charge in [-0.2, -0.15) is 0 Å². The van der Waals surface area contributed by atoms with Crippen LogP contribution in [0.2, 0.25) is 0 Å². The summed E-state index contributed by atoms with van der Waals surface area (Å²) in [7, 11) is 1.44. The zero-order chi connectivity index (χ0) is 56.1. The molecule has 0 aliphatic carbocycles. The Kier molecular flexibility index (Phi) is 19.3. The van der Waals surface area contributed by atoms with E-state index in [9.17, 15) is 34.8 Å². The first-order valence-electron chi connectivity index (χ1n) is 29.4. The average molecular weight is 1080 g/mol. The molecule has 2 aromatic carbocycles. The summed E-state index contributed by atoms with van der Waals surface area (Å²) in [6.07, 6.45) is 19.2. The lowest BCUT2D eigenvalue weighted by molar-refractivity contribution is -0.147. The van der Waals surface area contributed by atoms with Crippen LogP contribution in [0.3, 0.4) is 0 Å². The number of hydrogen-bond donors (Lipinski definition) is 4. The maximum Gasteiger partial charge on any atom is 0.407 e. The first kappa shape index (κ1) is 59.0. The number of benzene rings is 2. The molecule has 2 aromatic rings. The summed E-state index contributed by atoms with van der Waals surface area (Å²) in [5.41, 5.74) is 11.4. The molecule has 14 nitrogen and oxygen atoms in total. The van der Waals surface area contributed by atoms with Crippen LogP contribution >= 0.6 is 0 Å². The number of piperidine rings is 2. The van der Waals surface area contributed by atoms with Crippen LogP contribution in [-0.4, -0.2) is 114 Å². The van der Waals surface area contributed by atoms with Crippen LogP contribution in [0, 0.1) is 0 Å². The smallest absolute Gasteiger partial charge is 0.407 e. The van der Waals surface area contributed by atoms with Gasteiger partial charge in [0.05, 0.1) is 31.4 Å². The fourth-order valence-electron chi connectivity index (χ4n) is 13.4. The quantitative estimate of drug-likeness (QED) is 0.0731. The number of carbonyl (C=O) groups excluding carboxylic acids is 1. The summed E-state index contributed by atoms with van der Waals surface area (Å²) in [5, 5.41) is 44.7. The van der Waals surface area contributed by atoms with Gasteiger partial charge in [0.2, 0.25) is 0 Å². The topological polar surface area (TPSA) is 173 Å². The minimum Gasteiger partial charge on any atom is -0.484 e. The number of aliphatic hydroxyl groups excluding tert-OH is 2. The molecule has 2 amide bonds. The zero-order valence-corrected chi connectivity index (χ0v) is 48.6. The minimum absolute atomic E-state index is 0.308. The molecule has 2 saturated heterocycles. The number of fused-ring (bicyclic) bond motifs is 6. The number of allylic oxidation sites excluding steroid dienone is 8. The highest BCUT2D eigenvalue weighted by Gasteiger charge is 2.47. The molecule has 0 spiro atoms. The molecule has 7 atom stereocenters. The summed E-state index contributed by atoms with van der Waals surface area (Å²) in [4.78, 5) is 47.1. The number of methoxy groups -OCH3 is 1. The van der Waals surface area contributed by atoms with E-state index < -0.39 is 41.6 Å². The summed E-state index contributed by atoms with van der Waals surface area (Å²) in [6, 6.07) is 3.10. The van der Waals surface area contributed by atoms with Crippen molar-refractivity contribution in [3.8, 4) is 11.5 Å². The molecule has 6 aliphatic heterocycles. The number of esters is 1. The average Bonchev–Trinajstić information content (AvgIpc) is 4.11. The van der Waals surface area contributed by atoms with Crippen LogP contribution < -0.4 is 9.47 Å². The van der Waals surface area contributed by atoms with Crippen LogP contribution in [0.4, 0.5) is 9.59 Å². The lowest BCUT2D eigenvalue weighted by atomic mass is 9.80. The fraction of sp³-hybridized carbons (Fsp3) is 0.641. The molecule has 3 unspecified atom stereocenters. The molecule has 14 heteroatoms. The van der Waals surface area contributed by atoms with E-state index in [1.54, 1.807) is 9.80 Å². The highest BCUT2D eigenvalue weighted by Crippen LogP contribution is 2.50. The Hall–Kier alpha value is -5.15. The van der Waals surface area contributed by atoms with Gasteiger partial charge in [0.1, 0.15) is 28.7 Å². The number of likely N-dealkylation sites (tertiary alicyclic amines) is 2. The highest BCUT2D eigenvalue weighted by atomic mass is 16.5. The monoisotopic (exact) mass is 1080 g/mol. The SMILES string of the molecule is COC(=O)[C@H](CCCN1Cc2cc([C@H]3CCCCN3C(=O)O)c3c(c2C1)OC(C)(CC/C=C(\C)CCC=C(C)C)[C@@H](O)C3)N1Cc2cc([C@H]3CCCCN3C(=O)O)c3c(c2C1)OC(C)(CC/C=C(\C)CCC=C(C)C)C(O)C3. The Bertz CT molecular complexity index is 2650. The molecule has 2 fully saturated rings. The number of aliphatic hydroxyl groups is 2. The van der Waals surface area contributed by atoms with E-state index in [1.165, 1.54) is 29.4 Å². The Balaban J connectivity index is 1.02. The van der Waals surface area contributed by atoms with Crippen LogP contribution in [0.1, 0.15) is 215 Å². The van der Waals surface area contributed by atoms with Crippen molar-refractivity contribution in [1.29, 1.82) is 0 Å². The third-order valence-corrected chi connectivity index (χ3v) is 18.1. The third kappa shape index (κ3) is 13.4. The zero-order valence-electron chi connectivity index (χ0n) is 48.6. The van der Waals surface area contributed by atoms with Crippen LogP contribution in [0.15, 0.2) is 58.7 Å². The van der Waals surface area contributed by atoms with Crippen molar-refractivity contribution < 1.29 is 49.0 Å². The standard InChI is InChI=1S/C64H92N4O10/c1-41(2)19-14-21-43(5)23-16-28-63(7)56(69)35-49-47(53-25-10-12-31-67(53)61(72)73)33-45-37-65(39-51(45)58(49)77-63)30-18-27-55(60(71)76-9)66-38-46-34-48(54-26-11-13-32-68(54)62(74)75)50-36-57(70)64(8,78-59(50)52(46)40-66)29-17-24-44(6)22-15-20-42(3)4/h19-20,23-24,33-34,53-57,69-70H,10-18,21-22,25-32,35-40H2,1-9H3,(H,72,73)(H,74,75)/b43-23+,44-24+/t53-,54-,55+,56+,57?,63?,64?/m1/s1. The van der Waals surface area contributed by atoms with E-state index in [0.717, 1.165) is 120 Å². The normalized spacial score (nSPS) is 25.7. The molecular weight excluding hydrogens is 985 g/mol. The fourth-order valence-corrected chi connectivity index (χ4v) is 13.4. The van der Waals surface area contributed by atoms with E-state index in [1.807, 2.05) is 13.8 Å². The second kappa shape index (κ2) is 25.5. The van der Waals surface area contributed by atoms with Crippen molar-refractivity contribution in [3.05, 3.63) is 103 Å². The van der Waals surface area contributed by atoms with Gasteiger partial charge in [0.25, 0.3) is 0 Å². The number of hydrogen-bond acceptors (Lipinski definition) is 10. The highest BCUT2D eigenvalue weighted by molar-refractivity contribution is 5.76. The lowest BCUT2D eigenvalue weighted by Gasteiger charge is -2.43. The third-order valence-electron chi connectivity index (χ3n) is 18.1. The van der Waals surface area contributed by atoms with Crippen molar-refractivity contribution in [1.82, 2.24) is 19.6 Å². The van der Waals surface area contributed by atoms with Crippen LogP contribution in [0.5, 0.6) is 11.5 Å². The van der Waals surface area contributed by atoms with Gasteiger partial charge < -0.3 is 44.4 Å². The van der Waals surface area contributed by atoms with Crippen molar-refractivity contribution in [2.45, 2.75) is 239 Å². The summed E-state index contributed by atoms with van der Waals surface area (Å²) in [5.74, 6) is 1.22. The largest absolute Gasteiger partial charge is 0.484 e. The van der Waals surface area contributed by atoms with E-state index >= 15 is 0 Å². The summed E-state index contributed by atoms with van der Waals surface area (Å²) < 4.78 is 19.7. The molecule has 428 valence electrons. The number of ether oxygens (including phenoxy) is 3. The molecule has 0 aromatic heterocycles. The van der Waals surface area contributed by atoms with E-state index in [0.29, 0.717) is 97.2 Å². The summed E-state index contributed by atoms with van der Waals surface area (Å²) >= 11 is 0. The number of carboxylic acid groups (broad SMARTS) is 2. The predicted octanol–water partition coefficient (Wildman–Crippen LogP) is 12.8. The van der Waals surface area contributed by atoms with Crippen LogP contribution in [0.25, 0.3) is 0 Å². The lowest BCUT2D eigenvalue weighted by Crippen LogP contribution is -2.50. The van der Waals surface area contributed by atoms with Crippen LogP contribution in [-0.2, 0) is 48.6 Å². The Labute approximate surface area is 465 Å². The minimum atomic E-state index is -0.949. The van der Waals surface area contributed by atoms with E-state index in [4.69, 9.17) is 14.2 Å². The second-order valence-electron chi connectivity index (χ2n) is 24.7. The molecule has 0 saturated carbocycles. The second-order valence-corrected chi connectivity index (χ2v) is 24.7. The van der Waals surface area contributed by atoms with E-state index in [2.05, 4.69) is 87.8 Å². The van der Waals surface area contributed by atoms with Gasteiger partial charge in [-0.05, 0) is 187 Å². The van der Waals surface area contributed by atoms with Crippen molar-refractivity contribution in [2.24, 2.45) is 0 Å². The van der Waals surface area contributed by atoms with Crippen molar-refractivity contribution in [3.63, 3.8) is 0 Å². The molecule has 4 N–H and O–H groups in total. The maximum absolute atomic E-state index is 14.0. The molecule has 8 rings (SSSR count). The number of amides is 2. The molecule has 6 aliphatic rings. The Morgan fingerprint density at radius 3 is 1.59 bits per heavy atom. The Morgan fingerprint density at radius 1 is 0.654 bits per heavy atom. The number of nitrogens with zero attached hydrogens (tertiary/aromatic N) is 4. The van der Waals surface area contributed by atoms with Gasteiger partial charge in [-0.25, -0.2) is 9.59 Å². The molecule has 6 heterocycles. The van der Waals surface area contributed by atoms with Gasteiger partial charge in [-0.15, -0.1) is 0 Å². The number of carbonyl (C=O) groups is 3. The molecule has 78 heavy (non-hydrogen) atoms. The summed E-state index contributed by atoms with van der Waals surface area (Å²) in [6.45, 7) is 20.6. The van der Waals surface area contributed by atoms with Gasteiger partial charge in [-0.3, -0.25) is 14.6 Å². The van der Waals surface area contributed by atoms with Gasteiger partial charge >= 0.3 is 18.2 Å². The number of rotatable bonds is 20. The Morgan fingerprint density at radius 2 is 1.13 bits per heavy atom. The predicted molar refractivity (Wildman–Crippen MR) is 305 cm³/mol. The van der Waals surface area contributed by atoms with E-state index in [-0.39, 0.29) is 18.1 Å². The van der Waals surface area contributed by atoms with Crippen molar-refractivity contribution >= 4 is 18.2 Å². The molecule has 0 radical (unpaired) electrons. The first-order valence-corrected chi connectivity index (χ1v) is 29.4. The maximum atomic E-state index is 14.0. The van der Waals surface area contributed by atoms with Crippen molar-refractivity contribution in [2.75, 3.05) is 26.7 Å². The first-order chi connectivity index (χ1) is 37.2. The van der Waals surface area contributed by atoms with Gasteiger partial charge in [0, 0.05) is 74.4 Å². The molecule has 0 bridgehead atoms.